The summed E-state index contributed by atoms with van der Waals surface area (Å²) in [6.45, 7) is 0.907. The Morgan fingerprint density at radius 1 is 0.512 bits per heavy atom. The molecule has 12 heteroatoms. The summed E-state index contributed by atoms with van der Waals surface area (Å²) in [7, 11) is -7.43. The van der Waals surface area contributed by atoms with Crippen LogP contribution in [0.2, 0.25) is 0 Å². The van der Waals surface area contributed by atoms with Crippen LogP contribution in [0.1, 0.15) is 19.3 Å². The summed E-state index contributed by atoms with van der Waals surface area (Å²) in [6.07, 6.45) is 5.40. The van der Waals surface area contributed by atoms with E-state index in [1.165, 1.54) is 20.3 Å². The Kier molecular flexibility index (Phi) is 7.87. The lowest BCUT2D eigenvalue weighted by Gasteiger charge is -2.09. The molecule has 6 rings (SSSR count). The smallest absolute Gasteiger partial charge is 0.268 e. The Labute approximate surface area is 249 Å². The van der Waals surface area contributed by atoms with Gasteiger partial charge in [0.1, 0.15) is 0 Å². The number of aromatic nitrogens is 4. The zero-order valence-electron chi connectivity index (χ0n) is 23.0. The summed E-state index contributed by atoms with van der Waals surface area (Å²) in [6, 6.07) is 26.6. The highest BCUT2D eigenvalue weighted by Crippen LogP contribution is 2.25. The van der Waals surface area contributed by atoms with Gasteiger partial charge < -0.3 is 9.47 Å². The van der Waals surface area contributed by atoms with Crippen LogP contribution in [-0.4, -0.2) is 48.0 Å². The van der Waals surface area contributed by atoms with E-state index in [0.29, 0.717) is 47.0 Å². The van der Waals surface area contributed by atoms with E-state index in [1.54, 1.807) is 97.1 Å². The van der Waals surface area contributed by atoms with Crippen molar-refractivity contribution in [1.82, 2.24) is 17.9 Å². The minimum atomic E-state index is -3.72. The predicted octanol–water partition coefficient (Wildman–Crippen LogP) is 5.49. The van der Waals surface area contributed by atoms with Crippen LogP contribution in [0, 0.1) is 0 Å². The standard InChI is InChI=1S/C31H28N4O6S2/c36-42(37,24-10-4-1-5-11-24)34-20-18-26-28(34)14-16-30(32-26)40-22-8-3-9-23-41-31-17-15-29-27(33-31)19-21-35(29)43(38,39)25-12-6-2-7-13-25/h1-2,4-7,10-21H,3,8-9,22-23H2. The quantitative estimate of drug-likeness (QED) is 0.166. The number of benzene rings is 2. The van der Waals surface area contributed by atoms with Gasteiger partial charge in [0.2, 0.25) is 11.8 Å². The number of hydrogen-bond acceptors (Lipinski definition) is 8. The summed E-state index contributed by atoms with van der Waals surface area (Å²) in [5, 5.41) is 0. The van der Waals surface area contributed by atoms with Crippen LogP contribution in [0.4, 0.5) is 0 Å². The predicted molar refractivity (Wildman–Crippen MR) is 162 cm³/mol. The lowest BCUT2D eigenvalue weighted by atomic mass is 10.2. The van der Waals surface area contributed by atoms with Crippen LogP contribution in [0.25, 0.3) is 22.1 Å². The van der Waals surface area contributed by atoms with Crippen molar-refractivity contribution < 1.29 is 26.3 Å². The molecule has 0 unspecified atom stereocenters. The van der Waals surface area contributed by atoms with Gasteiger partial charge in [-0.2, -0.15) is 0 Å². The molecule has 0 amide bonds. The molecule has 0 atom stereocenters. The van der Waals surface area contributed by atoms with Crippen molar-refractivity contribution in [2.45, 2.75) is 29.1 Å². The van der Waals surface area contributed by atoms with Crippen LogP contribution >= 0.6 is 0 Å². The second kappa shape index (κ2) is 11.9. The Bertz CT molecular complexity index is 1940. The van der Waals surface area contributed by atoms with E-state index in [0.717, 1.165) is 19.3 Å². The van der Waals surface area contributed by atoms with Gasteiger partial charge in [0.15, 0.2) is 0 Å². The summed E-state index contributed by atoms with van der Waals surface area (Å²) in [5.41, 5.74) is 2.02. The fourth-order valence-electron chi connectivity index (χ4n) is 4.68. The lowest BCUT2D eigenvalue weighted by Crippen LogP contribution is -2.11. The first kappa shape index (κ1) is 28.4. The van der Waals surface area contributed by atoms with Crippen molar-refractivity contribution in [3.8, 4) is 11.8 Å². The van der Waals surface area contributed by atoms with Gasteiger partial charge in [-0.25, -0.2) is 34.7 Å². The van der Waals surface area contributed by atoms with Crippen molar-refractivity contribution in [1.29, 1.82) is 0 Å². The first-order valence-corrected chi connectivity index (χ1v) is 16.6. The average Bonchev–Trinajstić information content (AvgIpc) is 3.66. The van der Waals surface area contributed by atoms with Gasteiger partial charge in [-0.3, -0.25) is 0 Å². The largest absolute Gasteiger partial charge is 0.478 e. The van der Waals surface area contributed by atoms with E-state index in [9.17, 15) is 16.8 Å². The molecule has 0 N–H and O–H groups in total. The Balaban J connectivity index is 0.979. The van der Waals surface area contributed by atoms with E-state index in [4.69, 9.17) is 9.47 Å². The third kappa shape index (κ3) is 5.84. The van der Waals surface area contributed by atoms with Crippen molar-refractivity contribution >= 4 is 42.1 Å². The van der Waals surface area contributed by atoms with E-state index in [1.807, 2.05) is 0 Å². The molecule has 0 fully saturated rings. The molecule has 10 nitrogen and oxygen atoms in total. The van der Waals surface area contributed by atoms with Crippen LogP contribution in [0.5, 0.6) is 11.8 Å². The normalized spacial score (nSPS) is 12.1. The molecule has 2 aromatic carbocycles. The number of fused-ring (bicyclic) bond motifs is 2. The van der Waals surface area contributed by atoms with E-state index >= 15 is 0 Å². The number of unbranched alkanes of at least 4 members (excludes halogenated alkanes) is 2. The third-order valence-electron chi connectivity index (χ3n) is 6.85. The molecule has 0 spiro atoms. The number of nitrogens with zero attached hydrogens (tertiary/aromatic N) is 4. The topological polar surface area (TPSA) is 122 Å². The van der Waals surface area contributed by atoms with Gasteiger partial charge in [-0.15, -0.1) is 0 Å². The minimum Gasteiger partial charge on any atom is -0.478 e. The first-order chi connectivity index (χ1) is 20.8. The van der Waals surface area contributed by atoms with Gasteiger partial charge >= 0.3 is 0 Å². The van der Waals surface area contributed by atoms with E-state index in [2.05, 4.69) is 9.97 Å². The summed E-state index contributed by atoms with van der Waals surface area (Å²) in [5.74, 6) is 0.856. The molecule has 0 saturated carbocycles. The average molecular weight is 617 g/mol. The van der Waals surface area contributed by atoms with Crippen molar-refractivity contribution in [2.75, 3.05) is 13.2 Å². The molecule has 0 saturated heterocycles. The molecule has 43 heavy (non-hydrogen) atoms. The second-order valence-corrected chi connectivity index (χ2v) is 13.4. The Hall–Kier alpha value is -4.68. The zero-order chi connectivity index (χ0) is 29.9. The molecule has 0 aliphatic heterocycles. The lowest BCUT2D eigenvalue weighted by molar-refractivity contribution is 0.270. The number of hydrogen-bond donors (Lipinski definition) is 0. The molecule has 4 aromatic heterocycles. The first-order valence-electron chi connectivity index (χ1n) is 13.7. The maximum Gasteiger partial charge on any atom is 0.268 e. The zero-order valence-corrected chi connectivity index (χ0v) is 24.6. The molecule has 0 aliphatic carbocycles. The van der Waals surface area contributed by atoms with Gasteiger partial charge in [-0.05, 0) is 67.8 Å². The van der Waals surface area contributed by atoms with Crippen LogP contribution in [-0.2, 0) is 20.0 Å². The van der Waals surface area contributed by atoms with Crippen LogP contribution in [0.3, 0.4) is 0 Å². The van der Waals surface area contributed by atoms with Crippen molar-refractivity contribution in [3.63, 3.8) is 0 Å². The number of ether oxygens (including phenoxy) is 2. The Morgan fingerprint density at radius 3 is 1.35 bits per heavy atom. The van der Waals surface area contributed by atoms with Gasteiger partial charge in [0, 0.05) is 24.5 Å². The monoisotopic (exact) mass is 616 g/mol. The van der Waals surface area contributed by atoms with Crippen molar-refractivity contribution in [3.05, 3.63) is 109 Å². The van der Waals surface area contributed by atoms with Crippen LogP contribution < -0.4 is 9.47 Å². The molecule has 220 valence electrons. The van der Waals surface area contributed by atoms with E-state index in [-0.39, 0.29) is 9.79 Å². The highest BCUT2D eigenvalue weighted by atomic mass is 32.2. The fourth-order valence-corrected chi connectivity index (χ4v) is 7.40. The number of rotatable bonds is 12. The Morgan fingerprint density at radius 2 is 0.930 bits per heavy atom. The molecular formula is C31H28N4O6S2. The molecule has 6 aromatic rings. The molecule has 4 heterocycles. The minimum absolute atomic E-state index is 0.210. The van der Waals surface area contributed by atoms with Gasteiger partial charge in [0.05, 0.1) is 45.1 Å². The van der Waals surface area contributed by atoms with E-state index < -0.39 is 20.0 Å². The van der Waals surface area contributed by atoms with Gasteiger partial charge in [-0.1, -0.05) is 36.4 Å². The maximum absolute atomic E-state index is 13.0. The second-order valence-electron chi connectivity index (χ2n) is 9.72. The third-order valence-corrected chi connectivity index (χ3v) is 10.3. The highest BCUT2D eigenvalue weighted by molar-refractivity contribution is 7.90. The summed E-state index contributed by atoms with van der Waals surface area (Å²) < 4.78 is 66.0. The van der Waals surface area contributed by atoms with Crippen LogP contribution in [0.15, 0.2) is 119 Å². The summed E-state index contributed by atoms with van der Waals surface area (Å²) in [4.78, 5) is 9.33. The maximum atomic E-state index is 13.0. The van der Waals surface area contributed by atoms with Crippen molar-refractivity contribution in [2.24, 2.45) is 0 Å². The molecule has 0 radical (unpaired) electrons. The summed E-state index contributed by atoms with van der Waals surface area (Å²) >= 11 is 0. The SMILES string of the molecule is O=S(=O)(c1ccccc1)n1ccc2nc(OCCCCCOc3ccc4c(ccn4S(=O)(=O)c4ccccc4)n3)ccc21. The highest BCUT2D eigenvalue weighted by Gasteiger charge is 2.20. The molecule has 0 bridgehead atoms. The van der Waals surface area contributed by atoms with Gasteiger partial charge in [0.25, 0.3) is 20.0 Å². The molecular weight excluding hydrogens is 588 g/mol. The molecule has 0 aliphatic rings. The number of pyridine rings is 2. The fraction of sp³-hybridized carbons (Fsp3) is 0.161.